The Morgan fingerprint density at radius 2 is 1.89 bits per heavy atom. The zero-order valence-electron chi connectivity index (χ0n) is 12.4. The summed E-state index contributed by atoms with van der Waals surface area (Å²) < 4.78 is 0. The lowest BCUT2D eigenvalue weighted by molar-refractivity contribution is 0.379. The van der Waals surface area contributed by atoms with Gasteiger partial charge in [-0.3, -0.25) is 0 Å². The molecule has 0 atom stereocenters. The van der Waals surface area contributed by atoms with Crippen LogP contribution in [0.25, 0.3) is 0 Å². The molecule has 5 heteroatoms. The van der Waals surface area contributed by atoms with E-state index in [0.717, 1.165) is 30.2 Å². The van der Waals surface area contributed by atoms with Crippen LogP contribution < -0.4 is 16.6 Å². The fraction of sp³-hybridized carbons (Fsp3) is 0.714. The normalized spacial score (nSPS) is 16.5. The van der Waals surface area contributed by atoms with Crippen LogP contribution in [-0.4, -0.2) is 16.5 Å². The molecule has 0 aliphatic heterocycles. The van der Waals surface area contributed by atoms with Gasteiger partial charge in [0.25, 0.3) is 0 Å². The number of hydrogen-bond acceptors (Lipinski definition) is 5. The maximum Gasteiger partial charge on any atom is 0.148 e. The van der Waals surface area contributed by atoms with E-state index in [1.54, 1.807) is 0 Å². The molecule has 2 rings (SSSR count). The number of nitrogens with one attached hydrogen (secondary N) is 2. The average Bonchev–Trinajstić information content (AvgIpc) is 3.19. The average molecular weight is 263 g/mol. The van der Waals surface area contributed by atoms with Crippen molar-refractivity contribution in [2.45, 2.75) is 47.0 Å². The van der Waals surface area contributed by atoms with Crippen molar-refractivity contribution in [2.75, 3.05) is 17.3 Å². The molecule has 0 saturated heterocycles. The molecule has 4 N–H and O–H groups in total. The van der Waals surface area contributed by atoms with Crippen molar-refractivity contribution in [1.29, 1.82) is 0 Å². The first-order valence-electron chi connectivity index (χ1n) is 7.10. The Labute approximate surface area is 115 Å². The van der Waals surface area contributed by atoms with E-state index in [1.807, 2.05) is 13.8 Å². The van der Waals surface area contributed by atoms with E-state index in [2.05, 4.69) is 34.6 Å². The number of aromatic nitrogens is 2. The first kappa shape index (κ1) is 14.1. The predicted octanol–water partition coefficient (Wildman–Crippen LogP) is 2.48. The number of hydrogen-bond donors (Lipinski definition) is 3. The smallest absolute Gasteiger partial charge is 0.148 e. The van der Waals surface area contributed by atoms with Gasteiger partial charge in [0, 0.05) is 18.5 Å². The van der Waals surface area contributed by atoms with Crippen LogP contribution >= 0.6 is 0 Å². The topological polar surface area (TPSA) is 75.9 Å². The molecule has 0 spiro atoms. The molecule has 1 aromatic rings. The summed E-state index contributed by atoms with van der Waals surface area (Å²) in [6.45, 7) is 9.62. The number of nitrogens with zero attached hydrogens (tertiary/aromatic N) is 2. The van der Waals surface area contributed by atoms with Crippen molar-refractivity contribution >= 4 is 11.6 Å². The summed E-state index contributed by atoms with van der Waals surface area (Å²) in [5, 5.41) is 3.50. The predicted molar refractivity (Wildman–Crippen MR) is 79.0 cm³/mol. The number of hydrazine groups is 1. The Morgan fingerprint density at radius 1 is 1.26 bits per heavy atom. The monoisotopic (exact) mass is 263 g/mol. The van der Waals surface area contributed by atoms with Crippen LogP contribution in [0.4, 0.5) is 11.6 Å². The highest BCUT2D eigenvalue weighted by Crippen LogP contribution is 2.51. The second-order valence-corrected chi connectivity index (χ2v) is 5.83. The Kier molecular flexibility index (Phi) is 3.94. The van der Waals surface area contributed by atoms with Gasteiger partial charge in [-0.15, -0.1) is 0 Å². The van der Waals surface area contributed by atoms with Crippen LogP contribution in [0, 0.1) is 18.3 Å². The molecule has 1 aromatic heterocycles. The number of nitrogen functional groups attached to an aromatic ring is 1. The highest BCUT2D eigenvalue weighted by Gasteiger charge is 2.45. The Hall–Kier alpha value is -1.36. The first-order valence-corrected chi connectivity index (χ1v) is 7.10. The van der Waals surface area contributed by atoms with Crippen molar-refractivity contribution in [3.8, 4) is 0 Å². The lowest BCUT2D eigenvalue weighted by Gasteiger charge is -2.21. The minimum Gasteiger partial charge on any atom is -0.369 e. The third-order valence-electron chi connectivity index (χ3n) is 4.37. The van der Waals surface area contributed by atoms with Crippen molar-refractivity contribution < 1.29 is 0 Å². The van der Waals surface area contributed by atoms with Crippen LogP contribution in [0.15, 0.2) is 0 Å². The van der Waals surface area contributed by atoms with Crippen LogP contribution in [0.2, 0.25) is 0 Å². The summed E-state index contributed by atoms with van der Waals surface area (Å²) in [6.07, 6.45) is 3.42. The molecule has 0 aromatic carbocycles. The SMILES string of the molecule is CCc1nc(NN)c(C)c(NCC2(C(C)C)CC2)n1. The Morgan fingerprint density at radius 3 is 2.37 bits per heavy atom. The second-order valence-electron chi connectivity index (χ2n) is 5.83. The van der Waals surface area contributed by atoms with Gasteiger partial charge >= 0.3 is 0 Å². The highest BCUT2D eigenvalue weighted by molar-refractivity contribution is 5.56. The zero-order valence-corrected chi connectivity index (χ0v) is 12.4. The first-order chi connectivity index (χ1) is 9.02. The van der Waals surface area contributed by atoms with E-state index in [4.69, 9.17) is 5.84 Å². The molecule has 0 bridgehead atoms. The molecule has 1 aliphatic rings. The molecule has 106 valence electrons. The summed E-state index contributed by atoms with van der Waals surface area (Å²) in [6, 6.07) is 0. The summed E-state index contributed by atoms with van der Waals surface area (Å²) >= 11 is 0. The molecular weight excluding hydrogens is 238 g/mol. The van der Waals surface area contributed by atoms with E-state index < -0.39 is 0 Å². The van der Waals surface area contributed by atoms with E-state index in [1.165, 1.54) is 12.8 Å². The molecule has 5 nitrogen and oxygen atoms in total. The summed E-state index contributed by atoms with van der Waals surface area (Å²) in [5.74, 6) is 8.66. The largest absolute Gasteiger partial charge is 0.369 e. The molecule has 1 heterocycles. The summed E-state index contributed by atoms with van der Waals surface area (Å²) in [5.41, 5.74) is 4.10. The Balaban J connectivity index is 2.15. The van der Waals surface area contributed by atoms with Gasteiger partial charge in [-0.2, -0.15) is 0 Å². The standard InChI is InChI=1S/C14H25N5/c1-5-11-17-12(10(4)13(18-11)19-15)16-8-14(6-7-14)9(2)3/h9H,5-8,15H2,1-4H3,(H2,16,17,18,19). The third-order valence-corrected chi connectivity index (χ3v) is 4.37. The van der Waals surface area contributed by atoms with Crippen LogP contribution in [0.5, 0.6) is 0 Å². The minimum atomic E-state index is 0.458. The second kappa shape index (κ2) is 5.33. The molecular formula is C14H25N5. The molecule has 0 unspecified atom stereocenters. The highest BCUT2D eigenvalue weighted by atomic mass is 15.3. The van der Waals surface area contributed by atoms with Crippen molar-refractivity contribution in [2.24, 2.45) is 17.2 Å². The molecule has 0 amide bonds. The van der Waals surface area contributed by atoms with Crippen LogP contribution in [-0.2, 0) is 6.42 Å². The van der Waals surface area contributed by atoms with Gasteiger partial charge in [-0.25, -0.2) is 15.8 Å². The fourth-order valence-electron chi connectivity index (χ4n) is 2.41. The number of rotatable bonds is 6. The fourth-order valence-corrected chi connectivity index (χ4v) is 2.41. The van der Waals surface area contributed by atoms with Crippen molar-refractivity contribution in [3.05, 3.63) is 11.4 Å². The number of anilines is 2. The maximum absolute atomic E-state index is 5.52. The molecule has 1 aliphatic carbocycles. The van der Waals surface area contributed by atoms with Crippen LogP contribution in [0.3, 0.4) is 0 Å². The van der Waals surface area contributed by atoms with E-state index in [0.29, 0.717) is 17.2 Å². The number of aryl methyl sites for hydroxylation is 1. The van der Waals surface area contributed by atoms with E-state index >= 15 is 0 Å². The van der Waals surface area contributed by atoms with Gasteiger partial charge < -0.3 is 10.7 Å². The molecule has 1 saturated carbocycles. The summed E-state index contributed by atoms with van der Waals surface area (Å²) in [4.78, 5) is 8.95. The summed E-state index contributed by atoms with van der Waals surface area (Å²) in [7, 11) is 0. The molecule has 0 radical (unpaired) electrons. The van der Waals surface area contributed by atoms with Gasteiger partial charge in [-0.05, 0) is 31.1 Å². The van der Waals surface area contributed by atoms with E-state index in [-0.39, 0.29) is 0 Å². The molecule has 19 heavy (non-hydrogen) atoms. The lowest BCUT2D eigenvalue weighted by Crippen LogP contribution is -2.23. The van der Waals surface area contributed by atoms with Crippen molar-refractivity contribution in [3.63, 3.8) is 0 Å². The maximum atomic E-state index is 5.52. The minimum absolute atomic E-state index is 0.458. The van der Waals surface area contributed by atoms with E-state index in [9.17, 15) is 0 Å². The van der Waals surface area contributed by atoms with Gasteiger partial charge in [-0.1, -0.05) is 20.8 Å². The lowest BCUT2D eigenvalue weighted by atomic mass is 9.92. The quantitative estimate of drug-likeness (QED) is 0.543. The van der Waals surface area contributed by atoms with Gasteiger partial charge in [0.05, 0.1) is 0 Å². The van der Waals surface area contributed by atoms with Gasteiger partial charge in [0.1, 0.15) is 17.5 Å². The van der Waals surface area contributed by atoms with Gasteiger partial charge in [0.2, 0.25) is 0 Å². The molecule has 1 fully saturated rings. The van der Waals surface area contributed by atoms with Crippen molar-refractivity contribution in [1.82, 2.24) is 9.97 Å². The van der Waals surface area contributed by atoms with Gasteiger partial charge in [0.15, 0.2) is 0 Å². The third kappa shape index (κ3) is 2.81. The Bertz CT molecular complexity index is 451. The zero-order chi connectivity index (χ0) is 14.0. The van der Waals surface area contributed by atoms with Crippen LogP contribution in [0.1, 0.15) is 45.0 Å². The number of nitrogens with two attached hydrogens (primary N) is 1.